The van der Waals surface area contributed by atoms with Crippen LogP contribution in [0.5, 0.6) is 0 Å². The van der Waals surface area contributed by atoms with Crippen LogP contribution in [0.1, 0.15) is 11.3 Å². The molecule has 0 aliphatic carbocycles. The zero-order valence-corrected chi connectivity index (χ0v) is 10.4. The molecule has 1 aromatic carbocycles. The van der Waals surface area contributed by atoms with Crippen LogP contribution in [0.4, 0.5) is 13.2 Å². The van der Waals surface area contributed by atoms with Gasteiger partial charge in [0.15, 0.2) is 0 Å². The van der Waals surface area contributed by atoms with Crippen LogP contribution < -0.4 is 0 Å². The van der Waals surface area contributed by atoms with Crippen molar-refractivity contribution in [3.63, 3.8) is 0 Å². The lowest BCUT2D eigenvalue weighted by molar-refractivity contribution is -0.136. The molecule has 0 aliphatic rings. The molecule has 2 aromatic rings. The van der Waals surface area contributed by atoms with E-state index in [9.17, 15) is 21.6 Å². The summed E-state index contributed by atoms with van der Waals surface area (Å²) in [4.78, 5) is 0. The van der Waals surface area contributed by atoms with Crippen LogP contribution in [0.2, 0.25) is 0 Å². The van der Waals surface area contributed by atoms with Gasteiger partial charge >= 0.3 is 6.18 Å². The van der Waals surface area contributed by atoms with Crippen LogP contribution in [-0.4, -0.2) is 18.6 Å². The molecule has 0 radical (unpaired) electrons. The highest BCUT2D eigenvalue weighted by Crippen LogP contribution is 2.36. The van der Waals surface area contributed by atoms with E-state index in [4.69, 9.17) is 0 Å². The van der Waals surface area contributed by atoms with E-state index in [2.05, 4.69) is 0 Å². The number of para-hydroxylation sites is 1. The third kappa shape index (κ3) is 1.98. The summed E-state index contributed by atoms with van der Waals surface area (Å²) in [5.74, 6) is 0. The second-order valence-corrected chi connectivity index (χ2v) is 5.89. The highest BCUT2D eigenvalue weighted by Gasteiger charge is 2.35. The van der Waals surface area contributed by atoms with E-state index in [-0.39, 0.29) is 16.6 Å². The molecule has 0 atom stereocenters. The number of rotatable bonds is 1. The summed E-state index contributed by atoms with van der Waals surface area (Å²) in [6.07, 6.45) is -3.71. The monoisotopic (exact) mass is 277 g/mol. The normalized spacial score (nSPS) is 13.2. The number of aryl methyl sites for hydroxylation is 1. The van der Waals surface area contributed by atoms with E-state index < -0.39 is 21.8 Å². The topological polar surface area (TPSA) is 39.1 Å². The van der Waals surface area contributed by atoms with Gasteiger partial charge in [-0.15, -0.1) is 0 Å². The van der Waals surface area contributed by atoms with E-state index in [0.29, 0.717) is 0 Å². The van der Waals surface area contributed by atoms with Gasteiger partial charge in [0.1, 0.15) is 0 Å². The van der Waals surface area contributed by atoms with Gasteiger partial charge in [-0.3, -0.25) is 0 Å². The Morgan fingerprint density at radius 1 is 1.22 bits per heavy atom. The van der Waals surface area contributed by atoms with Gasteiger partial charge in [0.2, 0.25) is 10.0 Å². The fourth-order valence-electron chi connectivity index (χ4n) is 2.02. The summed E-state index contributed by atoms with van der Waals surface area (Å²) < 4.78 is 62.6. The zero-order chi connectivity index (χ0) is 13.7. The first-order chi connectivity index (χ1) is 8.12. The van der Waals surface area contributed by atoms with Crippen molar-refractivity contribution >= 4 is 20.9 Å². The molecule has 0 unspecified atom stereocenters. The van der Waals surface area contributed by atoms with Crippen LogP contribution in [0.15, 0.2) is 24.3 Å². The van der Waals surface area contributed by atoms with Gasteiger partial charge < -0.3 is 0 Å². The smallest absolute Gasteiger partial charge is 0.242 e. The van der Waals surface area contributed by atoms with Crippen LogP contribution >= 0.6 is 0 Å². The van der Waals surface area contributed by atoms with Crippen LogP contribution in [0.3, 0.4) is 0 Å². The van der Waals surface area contributed by atoms with Gasteiger partial charge in [-0.2, -0.15) is 13.2 Å². The number of hydrogen-bond donors (Lipinski definition) is 0. The third-order valence-corrected chi connectivity index (χ3v) is 3.73. The molecular formula is C11H10F3NO2S. The predicted molar refractivity (Wildman–Crippen MR) is 61.9 cm³/mol. The number of fused-ring (bicyclic) bond motifs is 1. The van der Waals surface area contributed by atoms with Crippen molar-refractivity contribution in [2.24, 2.45) is 0 Å². The quantitative estimate of drug-likeness (QED) is 0.804. The summed E-state index contributed by atoms with van der Waals surface area (Å²) >= 11 is 0. The lowest BCUT2D eigenvalue weighted by Gasteiger charge is -2.11. The fourth-order valence-corrected chi connectivity index (χ4v) is 3.13. The number of aromatic nitrogens is 1. The van der Waals surface area contributed by atoms with Gasteiger partial charge in [0.05, 0.1) is 17.3 Å². The third-order valence-electron chi connectivity index (χ3n) is 2.59. The SMILES string of the molecule is Cc1cc2cccc(C(F)(F)F)c2n1S(C)(=O)=O. The van der Waals surface area contributed by atoms with E-state index >= 15 is 0 Å². The Bertz CT molecular complexity index is 714. The number of halogens is 3. The van der Waals surface area contributed by atoms with Crippen LogP contribution in [0.25, 0.3) is 10.9 Å². The van der Waals surface area contributed by atoms with E-state index in [1.54, 1.807) is 0 Å². The summed E-state index contributed by atoms with van der Waals surface area (Å²) in [6, 6.07) is 5.02. The number of hydrogen-bond acceptors (Lipinski definition) is 2. The molecule has 0 N–H and O–H groups in total. The zero-order valence-electron chi connectivity index (χ0n) is 9.62. The maximum Gasteiger partial charge on any atom is 0.418 e. The Hall–Kier alpha value is -1.50. The number of alkyl halides is 3. The number of nitrogens with zero attached hydrogens (tertiary/aromatic N) is 1. The van der Waals surface area contributed by atoms with E-state index in [1.165, 1.54) is 25.1 Å². The lowest BCUT2D eigenvalue weighted by atomic mass is 10.1. The second kappa shape index (κ2) is 3.74. The van der Waals surface area contributed by atoms with Gasteiger partial charge in [0.25, 0.3) is 0 Å². The molecular weight excluding hydrogens is 267 g/mol. The van der Waals surface area contributed by atoms with Crippen molar-refractivity contribution in [3.8, 4) is 0 Å². The van der Waals surface area contributed by atoms with Crippen molar-refractivity contribution in [2.75, 3.05) is 6.26 Å². The average Bonchev–Trinajstić information content (AvgIpc) is 2.50. The summed E-state index contributed by atoms with van der Waals surface area (Å²) in [6.45, 7) is 1.46. The van der Waals surface area contributed by atoms with Crippen molar-refractivity contribution in [1.82, 2.24) is 3.97 Å². The molecule has 0 fully saturated rings. The molecule has 1 heterocycles. The first-order valence-electron chi connectivity index (χ1n) is 5.01. The molecule has 2 rings (SSSR count). The van der Waals surface area contributed by atoms with Crippen molar-refractivity contribution in [1.29, 1.82) is 0 Å². The molecule has 7 heteroatoms. The number of benzene rings is 1. The average molecular weight is 277 g/mol. The standard InChI is InChI=1S/C11H10F3NO2S/c1-7-6-8-4-3-5-9(11(12,13)14)10(8)15(7)18(2,16)17/h3-6H,1-2H3. The largest absolute Gasteiger partial charge is 0.418 e. The molecule has 18 heavy (non-hydrogen) atoms. The molecule has 0 spiro atoms. The minimum Gasteiger partial charge on any atom is -0.242 e. The molecule has 0 saturated heterocycles. The molecule has 0 bridgehead atoms. The summed E-state index contributed by atoms with van der Waals surface area (Å²) in [5.41, 5.74) is -1.01. The Kier molecular flexibility index (Phi) is 2.69. The fraction of sp³-hybridized carbons (Fsp3) is 0.273. The Labute approximate surface area is 102 Å². The van der Waals surface area contributed by atoms with Crippen LogP contribution in [0, 0.1) is 6.92 Å². The second-order valence-electron chi connectivity index (χ2n) is 4.05. The maximum absolute atomic E-state index is 12.9. The van der Waals surface area contributed by atoms with Crippen LogP contribution in [-0.2, 0) is 16.2 Å². The van der Waals surface area contributed by atoms with E-state index in [0.717, 1.165) is 16.3 Å². The molecule has 1 aromatic heterocycles. The van der Waals surface area contributed by atoms with E-state index in [1.807, 2.05) is 0 Å². The molecule has 3 nitrogen and oxygen atoms in total. The van der Waals surface area contributed by atoms with Gasteiger partial charge in [-0.25, -0.2) is 12.4 Å². The summed E-state index contributed by atoms with van der Waals surface area (Å²) in [7, 11) is -3.78. The first-order valence-corrected chi connectivity index (χ1v) is 6.86. The van der Waals surface area contributed by atoms with Crippen molar-refractivity contribution < 1.29 is 21.6 Å². The minimum atomic E-state index is -4.59. The lowest BCUT2D eigenvalue weighted by Crippen LogP contribution is -2.15. The van der Waals surface area contributed by atoms with Gasteiger partial charge in [-0.1, -0.05) is 12.1 Å². The van der Waals surface area contributed by atoms with Crippen molar-refractivity contribution in [2.45, 2.75) is 13.1 Å². The highest BCUT2D eigenvalue weighted by atomic mass is 32.2. The first kappa shape index (κ1) is 12.9. The van der Waals surface area contributed by atoms with Gasteiger partial charge in [0, 0.05) is 11.1 Å². The molecule has 0 amide bonds. The molecule has 98 valence electrons. The predicted octanol–water partition coefficient (Wildman–Crippen LogP) is 2.78. The summed E-state index contributed by atoms with van der Waals surface area (Å²) in [5, 5.41) is 0.257. The highest BCUT2D eigenvalue weighted by molar-refractivity contribution is 7.89. The molecule has 0 aliphatic heterocycles. The minimum absolute atomic E-state index is 0.254. The Balaban J connectivity index is 3.00. The molecule has 0 saturated carbocycles. The Morgan fingerprint density at radius 3 is 2.33 bits per heavy atom. The Morgan fingerprint density at radius 2 is 1.83 bits per heavy atom. The maximum atomic E-state index is 12.9. The van der Waals surface area contributed by atoms with Gasteiger partial charge in [-0.05, 0) is 19.1 Å². The van der Waals surface area contributed by atoms with Crippen molar-refractivity contribution in [3.05, 3.63) is 35.5 Å².